The van der Waals surface area contributed by atoms with Crippen LogP contribution >= 0.6 is 11.5 Å². The highest BCUT2D eigenvalue weighted by molar-refractivity contribution is 7.90. The molecule has 1 aromatic heterocycles. The molecule has 0 aliphatic carbocycles. The predicted molar refractivity (Wildman–Crippen MR) is 57.1 cm³/mol. The fraction of sp³-hybridized carbons (Fsp3) is 0.125. The highest BCUT2D eigenvalue weighted by atomic mass is 32.2. The first-order valence-corrected chi connectivity index (χ1v) is 6.50. The Bertz CT molecular complexity index is 586. The summed E-state index contributed by atoms with van der Waals surface area (Å²) >= 11 is 1.20. The van der Waals surface area contributed by atoms with Crippen molar-refractivity contribution in [2.75, 3.05) is 12.0 Å². The fourth-order valence-electron chi connectivity index (χ4n) is 1.17. The van der Waals surface area contributed by atoms with Gasteiger partial charge in [0.1, 0.15) is 5.82 Å². The topological polar surface area (TPSA) is 73.0 Å². The molecule has 0 atom stereocenters. The second-order valence-corrected chi connectivity index (χ2v) is 5.82. The summed E-state index contributed by atoms with van der Waals surface area (Å²) in [6.45, 7) is 0. The molecule has 0 saturated heterocycles. The Labute approximate surface area is 85.4 Å². The van der Waals surface area contributed by atoms with Crippen molar-refractivity contribution in [1.82, 2.24) is 4.37 Å². The minimum absolute atomic E-state index is 0.300. The van der Waals surface area contributed by atoms with E-state index in [9.17, 15) is 8.42 Å². The summed E-state index contributed by atoms with van der Waals surface area (Å²) < 4.78 is 27.2. The van der Waals surface area contributed by atoms with E-state index in [-0.39, 0.29) is 0 Å². The Hall–Kier alpha value is -1.14. The van der Waals surface area contributed by atoms with Gasteiger partial charge in [-0.1, -0.05) is 0 Å². The van der Waals surface area contributed by atoms with Gasteiger partial charge in [0, 0.05) is 11.6 Å². The standard InChI is InChI=1S/C8H8N2O2S2/c1-14(11,12)5-2-3-6-7(4-5)13-10-8(6)9/h2-4H,1H3,(H2,9,10). The monoisotopic (exact) mass is 228 g/mol. The first kappa shape index (κ1) is 9.42. The van der Waals surface area contributed by atoms with Crippen LogP contribution < -0.4 is 5.73 Å². The van der Waals surface area contributed by atoms with Crippen LogP contribution in [0.3, 0.4) is 0 Å². The Morgan fingerprint density at radius 1 is 1.43 bits per heavy atom. The molecule has 0 unspecified atom stereocenters. The van der Waals surface area contributed by atoms with E-state index in [0.29, 0.717) is 10.7 Å². The molecule has 0 bridgehead atoms. The van der Waals surface area contributed by atoms with Crippen LogP contribution in [0.1, 0.15) is 0 Å². The summed E-state index contributed by atoms with van der Waals surface area (Å²) in [5, 5.41) is 0.808. The van der Waals surface area contributed by atoms with E-state index in [1.54, 1.807) is 18.2 Å². The van der Waals surface area contributed by atoms with Gasteiger partial charge in [-0.15, -0.1) is 0 Å². The maximum absolute atomic E-state index is 11.2. The van der Waals surface area contributed by atoms with E-state index in [2.05, 4.69) is 4.37 Å². The van der Waals surface area contributed by atoms with Gasteiger partial charge < -0.3 is 5.73 Å². The van der Waals surface area contributed by atoms with Crippen molar-refractivity contribution in [3.8, 4) is 0 Å². The number of anilines is 1. The van der Waals surface area contributed by atoms with Gasteiger partial charge in [-0.3, -0.25) is 0 Å². The average molecular weight is 228 g/mol. The van der Waals surface area contributed by atoms with E-state index in [1.165, 1.54) is 17.8 Å². The highest BCUT2D eigenvalue weighted by Gasteiger charge is 2.09. The zero-order valence-corrected chi connectivity index (χ0v) is 9.02. The van der Waals surface area contributed by atoms with Gasteiger partial charge in [-0.25, -0.2) is 8.42 Å². The number of hydrogen-bond donors (Lipinski definition) is 1. The second kappa shape index (κ2) is 2.93. The predicted octanol–water partition coefficient (Wildman–Crippen LogP) is 1.28. The maximum Gasteiger partial charge on any atom is 0.175 e. The summed E-state index contributed by atoms with van der Waals surface area (Å²) in [5.41, 5.74) is 5.59. The molecular formula is C8H8N2O2S2. The van der Waals surface area contributed by atoms with Gasteiger partial charge in [0.05, 0.1) is 9.60 Å². The van der Waals surface area contributed by atoms with Gasteiger partial charge in [0.2, 0.25) is 0 Å². The molecule has 0 radical (unpaired) electrons. The largest absolute Gasteiger partial charge is 0.382 e. The minimum Gasteiger partial charge on any atom is -0.382 e. The first-order valence-electron chi connectivity index (χ1n) is 3.83. The van der Waals surface area contributed by atoms with Crippen molar-refractivity contribution in [2.45, 2.75) is 4.90 Å². The summed E-state index contributed by atoms with van der Waals surface area (Å²) in [6.07, 6.45) is 1.18. The van der Waals surface area contributed by atoms with Crippen LogP contribution in [0.15, 0.2) is 23.1 Å². The number of aromatic nitrogens is 1. The zero-order chi connectivity index (χ0) is 10.3. The fourth-order valence-corrected chi connectivity index (χ4v) is 2.64. The van der Waals surface area contributed by atoms with Crippen LogP contribution in [0, 0.1) is 0 Å². The smallest absolute Gasteiger partial charge is 0.175 e. The lowest BCUT2D eigenvalue weighted by atomic mass is 10.3. The van der Waals surface area contributed by atoms with Crippen LogP contribution in [-0.4, -0.2) is 19.0 Å². The maximum atomic E-state index is 11.2. The number of nitrogens with zero attached hydrogens (tertiary/aromatic N) is 1. The van der Waals surface area contributed by atoms with Crippen molar-refractivity contribution in [2.24, 2.45) is 0 Å². The van der Waals surface area contributed by atoms with Crippen LogP contribution in [0.5, 0.6) is 0 Å². The molecule has 0 saturated carbocycles. The summed E-state index contributed by atoms with van der Waals surface area (Å²) in [7, 11) is -3.15. The Balaban J connectivity index is 2.76. The molecular weight excluding hydrogens is 220 g/mol. The number of sulfone groups is 1. The van der Waals surface area contributed by atoms with Crippen molar-refractivity contribution in [3.05, 3.63) is 18.2 Å². The van der Waals surface area contributed by atoms with Crippen molar-refractivity contribution < 1.29 is 8.42 Å². The number of nitrogens with two attached hydrogens (primary N) is 1. The van der Waals surface area contributed by atoms with E-state index in [0.717, 1.165) is 10.1 Å². The molecule has 14 heavy (non-hydrogen) atoms. The van der Waals surface area contributed by atoms with E-state index >= 15 is 0 Å². The molecule has 6 heteroatoms. The molecule has 2 N–H and O–H groups in total. The molecule has 0 amide bonds. The van der Waals surface area contributed by atoms with Crippen LogP contribution in [0.4, 0.5) is 5.82 Å². The van der Waals surface area contributed by atoms with Crippen molar-refractivity contribution in [1.29, 1.82) is 0 Å². The van der Waals surface area contributed by atoms with Gasteiger partial charge >= 0.3 is 0 Å². The van der Waals surface area contributed by atoms with Gasteiger partial charge in [0.15, 0.2) is 9.84 Å². The molecule has 74 valence electrons. The third kappa shape index (κ3) is 1.46. The minimum atomic E-state index is -3.15. The van der Waals surface area contributed by atoms with Crippen molar-refractivity contribution >= 4 is 37.3 Å². The SMILES string of the molecule is CS(=O)(=O)c1ccc2c(N)nsc2c1. The lowest BCUT2D eigenvalue weighted by Crippen LogP contribution is -1.95. The third-order valence-corrected chi connectivity index (χ3v) is 3.83. The zero-order valence-electron chi connectivity index (χ0n) is 7.39. The third-order valence-electron chi connectivity index (χ3n) is 1.90. The number of rotatable bonds is 1. The number of benzene rings is 1. The lowest BCUT2D eigenvalue weighted by Gasteiger charge is -1.97. The number of nitrogen functional groups attached to an aromatic ring is 1. The lowest BCUT2D eigenvalue weighted by molar-refractivity contribution is 0.602. The van der Waals surface area contributed by atoms with E-state index < -0.39 is 9.84 Å². The van der Waals surface area contributed by atoms with Crippen LogP contribution in [-0.2, 0) is 9.84 Å². The second-order valence-electron chi connectivity index (χ2n) is 3.00. The molecule has 0 aliphatic heterocycles. The van der Waals surface area contributed by atoms with Gasteiger partial charge in [-0.05, 0) is 29.7 Å². The molecule has 1 aromatic carbocycles. The van der Waals surface area contributed by atoms with Crippen molar-refractivity contribution in [3.63, 3.8) is 0 Å². The number of hydrogen-bond acceptors (Lipinski definition) is 5. The summed E-state index contributed by atoms with van der Waals surface area (Å²) in [6, 6.07) is 4.83. The van der Waals surface area contributed by atoms with Gasteiger partial charge in [-0.2, -0.15) is 4.37 Å². The normalized spacial score (nSPS) is 12.1. The molecule has 0 fully saturated rings. The molecule has 4 nitrogen and oxygen atoms in total. The molecule has 2 aromatic rings. The highest BCUT2D eigenvalue weighted by Crippen LogP contribution is 2.26. The Kier molecular flexibility index (Phi) is 1.97. The summed E-state index contributed by atoms with van der Waals surface area (Å²) in [5.74, 6) is 0.449. The average Bonchev–Trinajstić information content (AvgIpc) is 2.46. The quantitative estimate of drug-likeness (QED) is 0.798. The first-order chi connectivity index (χ1) is 6.48. The van der Waals surface area contributed by atoms with E-state index in [4.69, 9.17) is 5.73 Å². The van der Waals surface area contributed by atoms with E-state index in [1.807, 2.05) is 0 Å². The van der Waals surface area contributed by atoms with Crippen LogP contribution in [0.2, 0.25) is 0 Å². The summed E-state index contributed by atoms with van der Waals surface area (Å²) in [4.78, 5) is 0.300. The van der Waals surface area contributed by atoms with Gasteiger partial charge in [0.25, 0.3) is 0 Å². The van der Waals surface area contributed by atoms with Crippen LogP contribution in [0.25, 0.3) is 10.1 Å². The Morgan fingerprint density at radius 2 is 2.14 bits per heavy atom. The molecule has 0 spiro atoms. The number of fused-ring (bicyclic) bond motifs is 1. The molecule has 0 aliphatic rings. The Morgan fingerprint density at radius 3 is 2.79 bits per heavy atom. The molecule has 1 heterocycles. The molecule has 2 rings (SSSR count).